The van der Waals surface area contributed by atoms with E-state index >= 15 is 0 Å². The van der Waals surface area contributed by atoms with Gasteiger partial charge in [-0.05, 0) is 0 Å². The molecule has 1 heterocycles. The van der Waals surface area contributed by atoms with E-state index in [9.17, 15) is 0 Å². The summed E-state index contributed by atoms with van der Waals surface area (Å²) >= 11 is 0. The third kappa shape index (κ3) is 1.24. The molecular weight excluding hydrogens is 150 g/mol. The molecule has 0 saturated heterocycles. The van der Waals surface area contributed by atoms with Gasteiger partial charge in [0.25, 0.3) is 0 Å². The van der Waals surface area contributed by atoms with E-state index in [0.717, 1.165) is 11.5 Å². The molecule has 0 radical (unpaired) electrons. The second-order valence-electron chi connectivity index (χ2n) is 2.58. The molecule has 0 fully saturated rings. The Morgan fingerprint density at radius 1 is 1.25 bits per heavy atom. The van der Waals surface area contributed by atoms with Crippen LogP contribution in [0.25, 0.3) is 0 Å². The Balaban J connectivity index is 2.22. The van der Waals surface area contributed by atoms with Crippen LogP contribution in [0.4, 0.5) is 0 Å². The van der Waals surface area contributed by atoms with Gasteiger partial charge in [-0.1, -0.05) is 0 Å². The van der Waals surface area contributed by atoms with E-state index in [4.69, 9.17) is 9.31 Å². The van der Waals surface area contributed by atoms with Gasteiger partial charge in [0, 0.05) is 0 Å². The molecule has 0 bridgehead atoms. The fourth-order valence-electron chi connectivity index (χ4n) is 1.15. The van der Waals surface area contributed by atoms with E-state index < -0.39 is 0 Å². The first-order chi connectivity index (χ1) is 5.90. The molecule has 1 aliphatic heterocycles. The third-order valence-electron chi connectivity index (χ3n) is 1.68. The van der Waals surface area contributed by atoms with Crippen molar-refractivity contribution in [1.29, 1.82) is 0 Å². The van der Waals surface area contributed by atoms with Crippen molar-refractivity contribution in [2.24, 2.45) is 0 Å². The van der Waals surface area contributed by atoms with Crippen molar-refractivity contribution in [2.45, 2.75) is 6.82 Å². The van der Waals surface area contributed by atoms with Crippen LogP contribution in [0.15, 0.2) is 24.3 Å². The van der Waals surface area contributed by atoms with Crippen molar-refractivity contribution in [1.82, 2.24) is 0 Å². The van der Waals surface area contributed by atoms with Crippen molar-refractivity contribution in [2.75, 3.05) is 0 Å². The van der Waals surface area contributed by atoms with Crippen molar-refractivity contribution in [3.05, 3.63) is 24.3 Å². The quantitative estimate of drug-likeness (QED) is 0.568. The molecule has 2 rings (SSSR count). The Morgan fingerprint density at radius 3 is 2.33 bits per heavy atom. The van der Waals surface area contributed by atoms with E-state index in [-0.39, 0.29) is 7.12 Å². The number of hydrogen-bond donors (Lipinski definition) is 0. The van der Waals surface area contributed by atoms with Crippen LogP contribution in [-0.2, 0) is 0 Å². The summed E-state index contributed by atoms with van der Waals surface area (Å²) in [6, 6.07) is 7.66. The summed E-state index contributed by atoms with van der Waals surface area (Å²) in [6.07, 6.45) is 0. The van der Waals surface area contributed by atoms with Crippen LogP contribution in [-0.4, -0.2) is 19.9 Å². The summed E-state index contributed by atoms with van der Waals surface area (Å²) in [5.41, 5.74) is 0. The molecule has 4 heteroatoms. The molecular formula is C8H8B2O2. The zero-order valence-corrected chi connectivity index (χ0v) is 6.86. The SMILES string of the molecule is CB=CB1Oc2ccccc2O1. The summed E-state index contributed by atoms with van der Waals surface area (Å²) < 4.78 is 10.9. The Labute approximate surface area is 72.5 Å². The van der Waals surface area contributed by atoms with Gasteiger partial charge < -0.3 is 0 Å². The van der Waals surface area contributed by atoms with E-state index in [1.54, 1.807) is 0 Å². The van der Waals surface area contributed by atoms with Gasteiger partial charge in [-0.2, -0.15) is 0 Å². The van der Waals surface area contributed by atoms with Crippen LogP contribution in [0.2, 0.25) is 6.82 Å². The Bertz CT molecular complexity index is 287. The van der Waals surface area contributed by atoms with Crippen LogP contribution in [0, 0.1) is 0 Å². The first kappa shape index (κ1) is 7.47. The van der Waals surface area contributed by atoms with Gasteiger partial charge in [0.1, 0.15) is 0 Å². The minimum absolute atomic E-state index is 0.243. The standard InChI is InChI=1S/C8H8B2O2/c1-9-6-10-11-7-4-2-3-5-8(7)12-10/h2-6H,1H3. The first-order valence-electron chi connectivity index (χ1n) is 3.95. The van der Waals surface area contributed by atoms with Crippen LogP contribution in [0.3, 0.4) is 0 Å². The van der Waals surface area contributed by atoms with Gasteiger partial charge in [0.05, 0.1) is 0 Å². The normalized spacial score (nSPS) is 13.6. The summed E-state index contributed by atoms with van der Waals surface area (Å²) in [5, 5.41) is 0. The minimum atomic E-state index is -0.243. The molecule has 0 aromatic heterocycles. The maximum absolute atomic E-state index is 5.44. The van der Waals surface area contributed by atoms with E-state index in [0.29, 0.717) is 0 Å². The van der Waals surface area contributed by atoms with Crippen molar-refractivity contribution in [3.63, 3.8) is 0 Å². The number of rotatable bonds is 1. The van der Waals surface area contributed by atoms with Crippen LogP contribution < -0.4 is 9.31 Å². The predicted octanol–water partition coefficient (Wildman–Crippen LogP) is 1.04. The molecule has 1 aromatic carbocycles. The maximum atomic E-state index is 5.44. The van der Waals surface area contributed by atoms with Crippen LogP contribution >= 0.6 is 0 Å². The van der Waals surface area contributed by atoms with E-state index in [2.05, 4.69) is 0 Å². The predicted molar refractivity (Wildman–Crippen MR) is 51.1 cm³/mol. The second kappa shape index (κ2) is 3.05. The van der Waals surface area contributed by atoms with Gasteiger partial charge in [-0.3, -0.25) is 0 Å². The molecule has 1 aliphatic rings. The molecule has 0 spiro atoms. The van der Waals surface area contributed by atoms with Crippen molar-refractivity contribution >= 4 is 19.9 Å². The fraction of sp³-hybridized carbons (Fsp3) is 0.125. The molecule has 1 aromatic rings. The molecule has 58 valence electrons. The van der Waals surface area contributed by atoms with Gasteiger partial charge in [-0.15, -0.1) is 0 Å². The Kier molecular flexibility index (Phi) is 1.90. The first-order valence-corrected chi connectivity index (χ1v) is 3.95. The summed E-state index contributed by atoms with van der Waals surface area (Å²) in [5.74, 6) is 3.52. The van der Waals surface area contributed by atoms with Crippen molar-refractivity contribution < 1.29 is 9.31 Å². The Morgan fingerprint density at radius 2 is 1.83 bits per heavy atom. The molecule has 0 atom stereocenters. The molecule has 12 heavy (non-hydrogen) atoms. The fourth-order valence-corrected chi connectivity index (χ4v) is 1.15. The van der Waals surface area contributed by atoms with Gasteiger partial charge in [0.15, 0.2) is 0 Å². The molecule has 0 amide bonds. The molecule has 0 aliphatic carbocycles. The summed E-state index contributed by atoms with van der Waals surface area (Å²) in [7, 11) is -0.243. The van der Waals surface area contributed by atoms with Gasteiger partial charge in [0.2, 0.25) is 0 Å². The topological polar surface area (TPSA) is 18.5 Å². The zero-order valence-electron chi connectivity index (χ0n) is 6.86. The van der Waals surface area contributed by atoms with Crippen LogP contribution in [0.5, 0.6) is 11.5 Å². The molecule has 0 saturated carbocycles. The molecule has 2 nitrogen and oxygen atoms in total. The Hall–Kier alpha value is -1.18. The average molecular weight is 158 g/mol. The molecule has 0 N–H and O–H groups in total. The zero-order chi connectivity index (χ0) is 8.39. The van der Waals surface area contributed by atoms with E-state index in [1.165, 1.54) is 0 Å². The van der Waals surface area contributed by atoms with Gasteiger partial charge in [-0.25, -0.2) is 0 Å². The van der Waals surface area contributed by atoms with Crippen LogP contribution in [0.1, 0.15) is 0 Å². The number of para-hydroxylation sites is 2. The second-order valence-corrected chi connectivity index (χ2v) is 2.58. The number of fused-ring (bicyclic) bond motifs is 1. The summed E-state index contributed by atoms with van der Waals surface area (Å²) in [4.78, 5) is 0. The van der Waals surface area contributed by atoms with Gasteiger partial charge >= 0.3 is 71.8 Å². The van der Waals surface area contributed by atoms with Crippen molar-refractivity contribution in [3.8, 4) is 11.5 Å². The number of hydrogen-bond acceptors (Lipinski definition) is 2. The number of benzene rings is 1. The average Bonchev–Trinajstić information content (AvgIpc) is 2.47. The summed E-state index contributed by atoms with van der Waals surface area (Å²) in [6.45, 7) is 3.85. The third-order valence-corrected chi connectivity index (χ3v) is 1.68. The van der Waals surface area contributed by atoms with E-state index in [1.807, 2.05) is 43.9 Å². The molecule has 0 unspecified atom stereocenters. The monoisotopic (exact) mass is 158 g/mol.